The summed E-state index contributed by atoms with van der Waals surface area (Å²) >= 11 is 3.18. The number of rotatable bonds is 6. The van der Waals surface area contributed by atoms with Crippen LogP contribution in [-0.4, -0.2) is 36.9 Å². The van der Waals surface area contributed by atoms with Gasteiger partial charge < -0.3 is 9.84 Å². The number of sulfonamides is 1. The Bertz CT molecular complexity index is 1360. The first-order chi connectivity index (χ1) is 16.6. The largest absolute Gasteiger partial charge is 0.355 e. The van der Waals surface area contributed by atoms with Gasteiger partial charge in [-0.3, -0.25) is 4.79 Å². The summed E-state index contributed by atoms with van der Waals surface area (Å²) in [5.41, 5.74) is 2.40. The van der Waals surface area contributed by atoms with E-state index in [1.165, 1.54) is 16.4 Å². The molecule has 0 atom stereocenters. The first-order valence-electron chi connectivity index (χ1n) is 11.1. The van der Waals surface area contributed by atoms with Crippen molar-refractivity contribution in [1.29, 1.82) is 0 Å². The maximum absolute atomic E-state index is 14.1. The van der Waals surface area contributed by atoms with Crippen LogP contribution in [0.15, 0.2) is 56.4 Å². The number of nitrogens with one attached hydrogen (secondary N) is 1. The molecule has 1 saturated heterocycles. The number of piperidine rings is 1. The predicted octanol–water partition coefficient (Wildman–Crippen LogP) is 5.40. The highest BCUT2D eigenvalue weighted by Gasteiger charge is 2.36. The van der Waals surface area contributed by atoms with Gasteiger partial charge in [0.25, 0.3) is 0 Å². The molecule has 0 aliphatic carbocycles. The van der Waals surface area contributed by atoms with Crippen molar-refractivity contribution >= 4 is 49.7 Å². The van der Waals surface area contributed by atoms with Crippen LogP contribution < -0.4 is 5.32 Å². The van der Waals surface area contributed by atoms with Crippen molar-refractivity contribution in [2.24, 2.45) is 5.92 Å². The van der Waals surface area contributed by atoms with Crippen LogP contribution in [0.1, 0.15) is 35.4 Å². The normalized spacial score (nSPS) is 15.5. The Morgan fingerprint density at radius 3 is 2.49 bits per heavy atom. The fourth-order valence-electron chi connectivity index (χ4n) is 3.96. The monoisotopic (exact) mass is 561 g/mol. The highest BCUT2D eigenvalue weighted by molar-refractivity contribution is 9.10. The first-order valence-corrected chi connectivity index (χ1v) is 13.4. The summed E-state index contributed by atoms with van der Waals surface area (Å²) in [6, 6.07) is 12.2. The lowest BCUT2D eigenvalue weighted by Gasteiger charge is -2.30. The van der Waals surface area contributed by atoms with E-state index in [2.05, 4.69) is 26.4 Å². The minimum atomic E-state index is -3.88. The number of aryl methyl sites for hydroxylation is 2. The van der Waals surface area contributed by atoms with Gasteiger partial charge in [0, 0.05) is 23.5 Å². The van der Waals surface area contributed by atoms with Crippen molar-refractivity contribution in [3.05, 3.63) is 75.3 Å². The van der Waals surface area contributed by atoms with E-state index >= 15 is 0 Å². The van der Waals surface area contributed by atoms with E-state index in [1.807, 2.05) is 31.2 Å². The Balaban J connectivity index is 1.45. The summed E-state index contributed by atoms with van der Waals surface area (Å²) < 4.78 is 48.2. The second kappa shape index (κ2) is 10.4. The Morgan fingerprint density at radius 2 is 1.83 bits per heavy atom. The van der Waals surface area contributed by atoms with Crippen LogP contribution in [0.2, 0.25) is 0 Å². The minimum Gasteiger partial charge on any atom is -0.355 e. The van der Waals surface area contributed by atoms with Crippen LogP contribution in [0.4, 0.5) is 10.1 Å². The number of hydrogen-bond acceptors (Lipinski definition) is 5. The molecule has 0 saturated carbocycles. The van der Waals surface area contributed by atoms with Crippen molar-refractivity contribution in [3.63, 3.8) is 0 Å². The molecule has 184 valence electrons. The summed E-state index contributed by atoms with van der Waals surface area (Å²) in [6.45, 7) is 3.90. The fourth-order valence-corrected chi connectivity index (χ4v) is 6.01. The number of amides is 1. The molecule has 1 fully saturated rings. The second-order valence-corrected chi connectivity index (χ2v) is 11.3. The number of nitrogens with zero attached hydrogens (tertiary/aromatic N) is 2. The van der Waals surface area contributed by atoms with Gasteiger partial charge in [0.15, 0.2) is 10.7 Å². The molecule has 1 aliphatic rings. The van der Waals surface area contributed by atoms with Gasteiger partial charge in [-0.15, -0.1) is 0 Å². The summed E-state index contributed by atoms with van der Waals surface area (Å²) in [4.78, 5) is 12.7. The fraction of sp³-hybridized carbons (Fsp3) is 0.280. The van der Waals surface area contributed by atoms with E-state index in [-0.39, 0.29) is 41.0 Å². The molecule has 2 aromatic carbocycles. The number of halogens is 2. The molecule has 1 N–H and O–H groups in total. The third-order valence-electron chi connectivity index (χ3n) is 5.95. The average molecular weight is 562 g/mol. The van der Waals surface area contributed by atoms with E-state index in [1.54, 1.807) is 25.1 Å². The lowest BCUT2D eigenvalue weighted by Crippen LogP contribution is -2.41. The number of carbonyl (C=O) groups is 1. The van der Waals surface area contributed by atoms with Crippen LogP contribution >= 0.6 is 15.9 Å². The van der Waals surface area contributed by atoms with Crippen molar-refractivity contribution in [2.75, 3.05) is 18.4 Å². The average Bonchev–Trinajstić information content (AvgIpc) is 3.21. The van der Waals surface area contributed by atoms with Gasteiger partial charge in [-0.2, -0.15) is 4.31 Å². The van der Waals surface area contributed by atoms with Crippen LogP contribution in [0.3, 0.4) is 0 Å². The first kappa shape index (κ1) is 25.3. The minimum absolute atomic E-state index is 0.0284. The maximum Gasteiger partial charge on any atom is 0.248 e. The summed E-state index contributed by atoms with van der Waals surface area (Å²) in [7, 11) is -3.88. The van der Waals surface area contributed by atoms with E-state index in [0.717, 1.165) is 11.1 Å². The molecule has 0 bridgehead atoms. The second-order valence-electron chi connectivity index (χ2n) is 8.50. The van der Waals surface area contributed by atoms with Gasteiger partial charge in [-0.25, -0.2) is 12.8 Å². The van der Waals surface area contributed by atoms with Gasteiger partial charge in [0.2, 0.25) is 15.9 Å². The molecule has 4 rings (SSSR count). The van der Waals surface area contributed by atoms with Crippen molar-refractivity contribution < 1.29 is 22.1 Å². The van der Waals surface area contributed by atoms with Crippen LogP contribution in [0, 0.1) is 25.6 Å². The van der Waals surface area contributed by atoms with Crippen LogP contribution in [-0.2, 0) is 14.8 Å². The smallest absolute Gasteiger partial charge is 0.248 e. The zero-order valence-corrected chi connectivity index (χ0v) is 21.7. The molecule has 2 heterocycles. The van der Waals surface area contributed by atoms with Gasteiger partial charge in [0.05, 0.1) is 5.69 Å². The number of benzene rings is 2. The number of carbonyl (C=O) groups excluding carboxylic acids is 1. The van der Waals surface area contributed by atoms with E-state index in [4.69, 9.17) is 4.52 Å². The molecule has 1 aromatic heterocycles. The summed E-state index contributed by atoms with van der Waals surface area (Å²) in [6.07, 6.45) is 4.02. The predicted molar refractivity (Wildman–Crippen MR) is 136 cm³/mol. The topological polar surface area (TPSA) is 92.5 Å². The van der Waals surface area contributed by atoms with Gasteiger partial charge in [0.1, 0.15) is 11.5 Å². The molecular weight excluding hydrogens is 537 g/mol. The van der Waals surface area contributed by atoms with Gasteiger partial charge in [-0.1, -0.05) is 57.0 Å². The lowest BCUT2D eigenvalue weighted by atomic mass is 9.97. The number of hydrogen-bond donors (Lipinski definition) is 1. The Labute approximate surface area is 212 Å². The van der Waals surface area contributed by atoms with Crippen molar-refractivity contribution in [3.8, 4) is 0 Å². The molecular formula is C25H25BrFN3O4S. The third kappa shape index (κ3) is 5.71. The lowest BCUT2D eigenvalue weighted by molar-refractivity contribution is -0.120. The van der Waals surface area contributed by atoms with Gasteiger partial charge >= 0.3 is 0 Å². The van der Waals surface area contributed by atoms with Crippen molar-refractivity contribution in [1.82, 2.24) is 9.46 Å². The zero-order chi connectivity index (χ0) is 25.2. The molecule has 0 radical (unpaired) electrons. The summed E-state index contributed by atoms with van der Waals surface area (Å²) in [5.74, 6) is -1.13. The van der Waals surface area contributed by atoms with Gasteiger partial charge in [-0.05, 0) is 56.5 Å². The molecule has 0 spiro atoms. The molecule has 1 amide bonds. The molecule has 3 aromatic rings. The van der Waals surface area contributed by atoms with E-state index in [9.17, 15) is 17.6 Å². The van der Waals surface area contributed by atoms with Crippen LogP contribution in [0.5, 0.6) is 0 Å². The Kier molecular flexibility index (Phi) is 7.53. The third-order valence-corrected chi connectivity index (χ3v) is 8.50. The van der Waals surface area contributed by atoms with E-state index < -0.39 is 21.8 Å². The Morgan fingerprint density at radius 1 is 1.14 bits per heavy atom. The standard InChI is InChI=1S/C25H25BrFN3O4S/c1-16-3-5-18(6-4-16)7-10-23-24(17(2)29-34-23)35(32,33)30-13-11-19(12-14-30)25(31)28-22-9-8-20(26)15-21(22)27/h3-10,15,19H,11-14H2,1-2H3,(H,28,31)/b10-7+. The zero-order valence-electron chi connectivity index (χ0n) is 19.3. The number of aromatic nitrogens is 1. The Hall–Kier alpha value is -2.82. The molecule has 1 aliphatic heterocycles. The maximum atomic E-state index is 14.1. The van der Waals surface area contributed by atoms with Crippen molar-refractivity contribution in [2.45, 2.75) is 31.6 Å². The van der Waals surface area contributed by atoms with E-state index in [0.29, 0.717) is 17.3 Å². The highest BCUT2D eigenvalue weighted by Crippen LogP contribution is 2.30. The SMILES string of the molecule is Cc1ccc(/C=C/c2onc(C)c2S(=O)(=O)N2CCC(C(=O)Nc3ccc(Br)cc3F)CC2)cc1. The molecule has 0 unspecified atom stereocenters. The summed E-state index contributed by atoms with van der Waals surface area (Å²) in [5, 5.41) is 6.48. The number of anilines is 1. The highest BCUT2D eigenvalue weighted by atomic mass is 79.9. The molecule has 7 nitrogen and oxygen atoms in total. The molecule has 10 heteroatoms. The van der Waals surface area contributed by atoms with Crippen LogP contribution in [0.25, 0.3) is 12.2 Å². The molecule has 35 heavy (non-hydrogen) atoms. The quantitative estimate of drug-likeness (QED) is 0.434.